The van der Waals surface area contributed by atoms with Gasteiger partial charge in [0.05, 0.1) is 26.4 Å². The monoisotopic (exact) mass is 1410 g/mol. The smallest absolute Gasteiger partial charge is 0.462 e. The van der Waals surface area contributed by atoms with Crippen molar-refractivity contribution >= 4 is 39.5 Å². The number of hydrogen-bond donors (Lipinski definition) is 3. The van der Waals surface area contributed by atoms with Crippen LogP contribution in [0.1, 0.15) is 407 Å². The maximum atomic E-state index is 13.1. The summed E-state index contributed by atoms with van der Waals surface area (Å²) >= 11 is 0. The fraction of sp³-hybridized carbons (Fsp3) is 0.948. The van der Waals surface area contributed by atoms with Crippen molar-refractivity contribution in [3.8, 4) is 0 Å². The van der Waals surface area contributed by atoms with Crippen LogP contribution in [-0.2, 0) is 65.4 Å². The van der Waals surface area contributed by atoms with Crippen molar-refractivity contribution in [1.82, 2.24) is 0 Å². The maximum absolute atomic E-state index is 13.1. The van der Waals surface area contributed by atoms with E-state index in [1.807, 2.05) is 0 Å². The zero-order valence-electron chi connectivity index (χ0n) is 62.5. The summed E-state index contributed by atoms with van der Waals surface area (Å²) in [5.74, 6) is -1.36. The van der Waals surface area contributed by atoms with E-state index in [2.05, 4.69) is 34.6 Å². The Balaban J connectivity index is 5.26. The summed E-state index contributed by atoms with van der Waals surface area (Å²) in [5.41, 5.74) is 0. The molecule has 96 heavy (non-hydrogen) atoms. The highest BCUT2D eigenvalue weighted by Gasteiger charge is 2.30. The molecule has 0 aromatic carbocycles. The maximum Gasteiger partial charge on any atom is 0.472 e. The van der Waals surface area contributed by atoms with E-state index < -0.39 is 97.5 Å². The lowest BCUT2D eigenvalue weighted by atomic mass is 10.0. The van der Waals surface area contributed by atoms with Gasteiger partial charge in [-0.2, -0.15) is 0 Å². The number of carbonyl (C=O) groups is 4. The molecule has 0 bridgehead atoms. The third-order valence-corrected chi connectivity index (χ3v) is 19.9. The fourth-order valence-corrected chi connectivity index (χ4v) is 13.5. The van der Waals surface area contributed by atoms with Crippen LogP contribution in [0.15, 0.2) is 0 Å². The second-order valence-electron chi connectivity index (χ2n) is 28.2. The summed E-state index contributed by atoms with van der Waals surface area (Å²) < 4.78 is 68.6. The largest absolute Gasteiger partial charge is 0.472 e. The lowest BCUT2D eigenvalue weighted by Gasteiger charge is -2.21. The highest BCUT2D eigenvalue weighted by molar-refractivity contribution is 7.47. The van der Waals surface area contributed by atoms with E-state index in [0.29, 0.717) is 25.7 Å². The van der Waals surface area contributed by atoms with Crippen LogP contribution in [0.25, 0.3) is 0 Å². The van der Waals surface area contributed by atoms with Crippen LogP contribution in [0, 0.1) is 5.92 Å². The summed E-state index contributed by atoms with van der Waals surface area (Å²) in [4.78, 5) is 72.9. The van der Waals surface area contributed by atoms with E-state index in [9.17, 15) is 43.2 Å². The van der Waals surface area contributed by atoms with Crippen LogP contribution in [0.2, 0.25) is 0 Å². The Morgan fingerprint density at radius 3 is 0.708 bits per heavy atom. The van der Waals surface area contributed by atoms with Crippen LogP contribution in [0.3, 0.4) is 0 Å². The van der Waals surface area contributed by atoms with E-state index >= 15 is 0 Å². The molecule has 17 nitrogen and oxygen atoms in total. The molecule has 0 aromatic heterocycles. The second-order valence-corrected chi connectivity index (χ2v) is 31.1. The number of carbonyl (C=O) groups excluding carboxylic acids is 4. The third-order valence-electron chi connectivity index (χ3n) is 18.0. The number of esters is 4. The van der Waals surface area contributed by atoms with Crippen LogP contribution in [0.5, 0.6) is 0 Å². The Bertz CT molecular complexity index is 1840. The summed E-state index contributed by atoms with van der Waals surface area (Å²) in [6.07, 6.45) is 59.5. The van der Waals surface area contributed by atoms with Gasteiger partial charge in [-0.15, -0.1) is 0 Å². The van der Waals surface area contributed by atoms with Crippen LogP contribution in [0.4, 0.5) is 0 Å². The first-order valence-electron chi connectivity index (χ1n) is 40.1. The minimum absolute atomic E-state index is 0.108. The lowest BCUT2D eigenvalue weighted by Crippen LogP contribution is -2.30. The number of phosphoric acid groups is 2. The van der Waals surface area contributed by atoms with E-state index in [4.69, 9.17) is 37.0 Å². The number of unbranched alkanes of at least 4 members (excludes halogenated alkanes) is 49. The quantitative estimate of drug-likeness (QED) is 0.0222. The van der Waals surface area contributed by atoms with E-state index in [-0.39, 0.29) is 25.7 Å². The molecule has 0 spiro atoms. The second kappa shape index (κ2) is 70.1. The molecule has 570 valence electrons. The molecule has 0 rings (SSSR count). The van der Waals surface area contributed by atoms with E-state index in [1.165, 1.54) is 231 Å². The number of aliphatic hydroxyl groups excluding tert-OH is 1. The van der Waals surface area contributed by atoms with Crippen molar-refractivity contribution in [1.29, 1.82) is 0 Å². The Kier molecular flexibility index (Phi) is 68.7. The molecule has 3 N–H and O–H groups in total. The Morgan fingerprint density at radius 1 is 0.281 bits per heavy atom. The minimum Gasteiger partial charge on any atom is -0.462 e. The SMILES string of the molecule is CCCCCCCCCCCCCCCCCCC(=O)O[C@H](COC(=O)CCCCCCCCCCCCCCCC)COP(=O)(O)OC[C@@H](O)COP(=O)(O)OC[C@@H](COC(=O)CCCCCCCCCCCC(C)C)OC(=O)CCCCCCCCCCCCCCCC. The predicted molar refractivity (Wildman–Crippen MR) is 391 cm³/mol. The van der Waals surface area contributed by atoms with Gasteiger partial charge in [-0.3, -0.25) is 37.3 Å². The third kappa shape index (κ3) is 70.5. The average molecular weight is 1410 g/mol. The highest BCUT2D eigenvalue weighted by atomic mass is 31.2. The van der Waals surface area contributed by atoms with Gasteiger partial charge in [0.2, 0.25) is 0 Å². The molecule has 0 amide bonds. The molecule has 0 saturated carbocycles. The van der Waals surface area contributed by atoms with E-state index in [1.54, 1.807) is 0 Å². The first kappa shape index (κ1) is 94.1. The van der Waals surface area contributed by atoms with Gasteiger partial charge in [0.25, 0.3) is 0 Å². The van der Waals surface area contributed by atoms with Crippen LogP contribution < -0.4 is 0 Å². The topological polar surface area (TPSA) is 237 Å². The van der Waals surface area contributed by atoms with Gasteiger partial charge in [0.1, 0.15) is 19.3 Å². The summed E-state index contributed by atoms with van der Waals surface area (Å²) in [5, 5.41) is 10.6. The normalized spacial score (nSPS) is 13.9. The van der Waals surface area contributed by atoms with E-state index in [0.717, 1.165) is 95.8 Å². The molecule has 2 unspecified atom stereocenters. The number of hydrogen-bond acceptors (Lipinski definition) is 15. The van der Waals surface area contributed by atoms with Gasteiger partial charge < -0.3 is 33.8 Å². The van der Waals surface area contributed by atoms with Crippen LogP contribution in [-0.4, -0.2) is 96.7 Å². The van der Waals surface area contributed by atoms with Crippen LogP contribution >= 0.6 is 15.6 Å². The molecular weight excluding hydrogens is 1260 g/mol. The predicted octanol–water partition coefficient (Wildman–Crippen LogP) is 22.9. The standard InChI is InChI=1S/C77H150O17P2/c1-6-9-12-15-18-21-24-27-30-31-34-37-42-48-53-58-63-77(82)93-72(66-87-74(79)60-55-50-45-40-35-32-28-25-22-19-16-13-10-7-2)68-91-95(83,84)89-64-71(78)65-90-96(85,86)92-69-73(67-88-75(80)61-56-51-46-43-38-39-44-49-54-59-70(4)5)94-76(81)62-57-52-47-41-36-33-29-26-23-20-17-14-11-8-3/h70-73,78H,6-69H2,1-5H3,(H,83,84)(H,85,86)/t71-,72-,73-/m1/s1. The van der Waals surface area contributed by atoms with Gasteiger partial charge >= 0.3 is 39.5 Å². The lowest BCUT2D eigenvalue weighted by molar-refractivity contribution is -0.161. The molecule has 0 radical (unpaired) electrons. The zero-order valence-corrected chi connectivity index (χ0v) is 64.3. The Morgan fingerprint density at radius 2 is 0.479 bits per heavy atom. The summed E-state index contributed by atoms with van der Waals surface area (Å²) in [7, 11) is -9.91. The summed E-state index contributed by atoms with van der Waals surface area (Å²) in [6, 6.07) is 0. The van der Waals surface area contributed by atoms with Crippen molar-refractivity contribution in [2.75, 3.05) is 39.6 Å². The molecule has 0 fully saturated rings. The Hall–Kier alpha value is -1.94. The average Bonchev–Trinajstić information content (AvgIpc) is 2.50. The Labute approximate surface area is 588 Å². The molecule has 0 aliphatic carbocycles. The van der Waals surface area contributed by atoms with Gasteiger partial charge in [0.15, 0.2) is 12.2 Å². The molecule has 0 heterocycles. The first-order chi connectivity index (χ1) is 46.5. The van der Waals surface area contributed by atoms with Gasteiger partial charge in [-0.25, -0.2) is 9.13 Å². The summed E-state index contributed by atoms with van der Waals surface area (Å²) in [6.45, 7) is 7.30. The fourth-order valence-electron chi connectivity index (χ4n) is 11.9. The van der Waals surface area contributed by atoms with Crippen molar-refractivity contribution in [3.63, 3.8) is 0 Å². The highest BCUT2D eigenvalue weighted by Crippen LogP contribution is 2.45. The molecular formula is C77H150O17P2. The molecule has 19 heteroatoms. The number of phosphoric ester groups is 2. The van der Waals surface area contributed by atoms with Crippen molar-refractivity contribution in [2.24, 2.45) is 5.92 Å². The minimum atomic E-state index is -4.96. The molecule has 0 aliphatic heterocycles. The molecule has 5 atom stereocenters. The number of ether oxygens (including phenoxy) is 4. The van der Waals surface area contributed by atoms with Crippen molar-refractivity contribution in [3.05, 3.63) is 0 Å². The van der Waals surface area contributed by atoms with Gasteiger partial charge in [0, 0.05) is 25.7 Å². The number of rotatable bonds is 77. The van der Waals surface area contributed by atoms with Crippen molar-refractivity contribution in [2.45, 2.75) is 425 Å². The van der Waals surface area contributed by atoms with Gasteiger partial charge in [-0.1, -0.05) is 356 Å². The molecule has 0 aliphatic rings. The first-order valence-corrected chi connectivity index (χ1v) is 43.1. The van der Waals surface area contributed by atoms with Gasteiger partial charge in [-0.05, 0) is 31.6 Å². The molecule has 0 aromatic rings. The van der Waals surface area contributed by atoms with Crippen molar-refractivity contribution < 1.29 is 80.2 Å². The number of aliphatic hydroxyl groups is 1. The zero-order chi connectivity index (χ0) is 70.5. The molecule has 0 saturated heterocycles.